The third-order valence-corrected chi connectivity index (χ3v) is 3.73. The first-order valence-corrected chi connectivity index (χ1v) is 7.53. The summed E-state index contributed by atoms with van der Waals surface area (Å²) in [5.41, 5.74) is 2.35. The fraction of sp³-hybridized carbons (Fsp3) is 0.647. The Hall–Kier alpha value is -0.890. The number of hydrogen-bond donors (Lipinski definition) is 1. The van der Waals surface area contributed by atoms with Crippen LogP contribution in [0.4, 0.5) is 4.39 Å². The maximum absolute atomic E-state index is 13.2. The van der Waals surface area contributed by atoms with E-state index in [1.807, 2.05) is 6.07 Å². The van der Waals surface area contributed by atoms with Gasteiger partial charge in [-0.1, -0.05) is 26.8 Å². The minimum atomic E-state index is -0.120. The zero-order chi connectivity index (χ0) is 14.3. The van der Waals surface area contributed by atoms with Crippen molar-refractivity contribution in [3.63, 3.8) is 0 Å². The summed E-state index contributed by atoms with van der Waals surface area (Å²) in [4.78, 5) is 0. The topological polar surface area (TPSA) is 12.0 Å². The van der Waals surface area contributed by atoms with Crippen LogP contribution in [-0.2, 0) is 6.42 Å². The summed E-state index contributed by atoms with van der Waals surface area (Å²) in [5, 5.41) is 3.61. The van der Waals surface area contributed by atoms with E-state index in [0.717, 1.165) is 31.4 Å². The predicted molar refractivity (Wildman–Crippen MR) is 81.0 cm³/mol. The maximum Gasteiger partial charge on any atom is 0.123 e. The van der Waals surface area contributed by atoms with Crippen molar-refractivity contribution in [2.24, 2.45) is 5.92 Å². The minimum absolute atomic E-state index is 0.120. The van der Waals surface area contributed by atoms with Gasteiger partial charge in [-0.25, -0.2) is 4.39 Å². The van der Waals surface area contributed by atoms with E-state index < -0.39 is 0 Å². The molecule has 0 saturated heterocycles. The average Bonchev–Trinajstić information content (AvgIpc) is 2.37. The zero-order valence-corrected chi connectivity index (χ0v) is 12.8. The third kappa shape index (κ3) is 5.73. The normalized spacial score (nSPS) is 12.9. The number of rotatable bonds is 8. The third-order valence-electron chi connectivity index (χ3n) is 3.73. The van der Waals surface area contributed by atoms with Crippen LogP contribution in [0, 0.1) is 18.7 Å². The highest BCUT2D eigenvalue weighted by atomic mass is 19.1. The van der Waals surface area contributed by atoms with E-state index in [0.29, 0.717) is 12.0 Å². The molecule has 0 aliphatic rings. The molecule has 1 unspecified atom stereocenters. The van der Waals surface area contributed by atoms with Gasteiger partial charge in [0.25, 0.3) is 0 Å². The molecule has 2 heteroatoms. The lowest BCUT2D eigenvalue weighted by atomic mass is 9.95. The van der Waals surface area contributed by atoms with Gasteiger partial charge >= 0.3 is 0 Å². The van der Waals surface area contributed by atoms with E-state index in [2.05, 4.69) is 33.0 Å². The lowest BCUT2D eigenvalue weighted by Gasteiger charge is -2.22. The fourth-order valence-electron chi connectivity index (χ4n) is 2.42. The van der Waals surface area contributed by atoms with Crippen LogP contribution in [0.2, 0.25) is 0 Å². The summed E-state index contributed by atoms with van der Waals surface area (Å²) in [6, 6.07) is 5.67. The van der Waals surface area contributed by atoms with Gasteiger partial charge in [0.15, 0.2) is 0 Å². The van der Waals surface area contributed by atoms with Gasteiger partial charge in [0.2, 0.25) is 0 Å². The molecule has 0 fully saturated rings. The van der Waals surface area contributed by atoms with E-state index >= 15 is 0 Å². The molecule has 1 N–H and O–H groups in total. The molecule has 1 rings (SSSR count). The van der Waals surface area contributed by atoms with Crippen molar-refractivity contribution in [3.05, 3.63) is 35.1 Å². The predicted octanol–water partition coefficient (Wildman–Crippen LogP) is 4.48. The molecule has 0 aliphatic carbocycles. The molecule has 1 nitrogen and oxygen atoms in total. The van der Waals surface area contributed by atoms with Crippen molar-refractivity contribution in [1.29, 1.82) is 0 Å². The number of hydrogen-bond acceptors (Lipinski definition) is 1. The van der Waals surface area contributed by atoms with Gasteiger partial charge in [0.1, 0.15) is 5.82 Å². The molecule has 0 amide bonds. The summed E-state index contributed by atoms with van der Waals surface area (Å²) in [5.74, 6) is 0.533. The quantitative estimate of drug-likeness (QED) is 0.730. The number of nitrogens with one attached hydrogen (secondary N) is 1. The van der Waals surface area contributed by atoms with E-state index in [1.54, 1.807) is 12.1 Å². The summed E-state index contributed by atoms with van der Waals surface area (Å²) >= 11 is 0. The van der Waals surface area contributed by atoms with Crippen LogP contribution in [0.5, 0.6) is 0 Å². The highest BCUT2D eigenvalue weighted by molar-refractivity contribution is 5.26. The summed E-state index contributed by atoms with van der Waals surface area (Å²) in [6.07, 6.45) is 4.42. The SMILES string of the molecule is CCCNC(CCCc1cc(F)ccc1C)C(C)C. The summed E-state index contributed by atoms with van der Waals surface area (Å²) < 4.78 is 13.2. The van der Waals surface area contributed by atoms with E-state index in [4.69, 9.17) is 0 Å². The van der Waals surface area contributed by atoms with Crippen molar-refractivity contribution >= 4 is 0 Å². The Morgan fingerprint density at radius 3 is 2.63 bits per heavy atom. The highest BCUT2D eigenvalue weighted by Gasteiger charge is 2.12. The molecule has 0 aliphatic heterocycles. The van der Waals surface area contributed by atoms with Crippen LogP contribution in [0.3, 0.4) is 0 Å². The Bertz CT molecular complexity index is 374. The first-order valence-electron chi connectivity index (χ1n) is 7.53. The van der Waals surface area contributed by atoms with Crippen molar-refractivity contribution in [2.75, 3.05) is 6.54 Å². The maximum atomic E-state index is 13.2. The van der Waals surface area contributed by atoms with Gasteiger partial charge < -0.3 is 5.32 Å². The second kappa shape index (κ2) is 8.31. The van der Waals surface area contributed by atoms with Crippen molar-refractivity contribution in [3.8, 4) is 0 Å². The van der Waals surface area contributed by atoms with Crippen LogP contribution in [0.1, 0.15) is 51.2 Å². The first-order chi connectivity index (χ1) is 9.04. The van der Waals surface area contributed by atoms with E-state index in [1.165, 1.54) is 12.0 Å². The molecule has 1 atom stereocenters. The van der Waals surface area contributed by atoms with Gasteiger partial charge in [-0.2, -0.15) is 0 Å². The zero-order valence-electron chi connectivity index (χ0n) is 12.8. The largest absolute Gasteiger partial charge is 0.314 e. The molecule has 0 saturated carbocycles. The monoisotopic (exact) mass is 265 g/mol. The highest BCUT2D eigenvalue weighted by Crippen LogP contribution is 2.16. The van der Waals surface area contributed by atoms with Crippen molar-refractivity contribution in [1.82, 2.24) is 5.32 Å². The Kier molecular flexibility index (Phi) is 7.07. The molecule has 19 heavy (non-hydrogen) atoms. The number of benzene rings is 1. The molecular weight excluding hydrogens is 237 g/mol. The average molecular weight is 265 g/mol. The standard InChI is InChI=1S/C17H28FN/c1-5-11-19-17(13(2)3)8-6-7-15-12-16(18)10-9-14(15)4/h9-10,12-13,17,19H,5-8,11H2,1-4H3. The number of aryl methyl sites for hydroxylation is 2. The molecule has 108 valence electrons. The molecule has 1 aromatic carbocycles. The van der Waals surface area contributed by atoms with Crippen molar-refractivity contribution in [2.45, 2.75) is 59.4 Å². The van der Waals surface area contributed by atoms with Crippen LogP contribution >= 0.6 is 0 Å². The summed E-state index contributed by atoms with van der Waals surface area (Å²) in [7, 11) is 0. The first kappa shape index (κ1) is 16.2. The molecule has 0 radical (unpaired) electrons. The molecule has 0 aromatic heterocycles. The lowest BCUT2D eigenvalue weighted by Crippen LogP contribution is -2.34. The summed E-state index contributed by atoms with van der Waals surface area (Å²) in [6.45, 7) is 9.87. The Labute approximate surface area is 117 Å². The fourth-order valence-corrected chi connectivity index (χ4v) is 2.42. The minimum Gasteiger partial charge on any atom is -0.314 e. The van der Waals surface area contributed by atoms with Crippen LogP contribution < -0.4 is 5.32 Å². The van der Waals surface area contributed by atoms with Crippen LogP contribution in [0.25, 0.3) is 0 Å². The second-order valence-corrected chi connectivity index (χ2v) is 5.77. The molecule has 0 heterocycles. The Balaban J connectivity index is 2.44. The van der Waals surface area contributed by atoms with Gasteiger partial charge in [-0.3, -0.25) is 0 Å². The van der Waals surface area contributed by atoms with Gasteiger partial charge in [-0.15, -0.1) is 0 Å². The van der Waals surface area contributed by atoms with Crippen LogP contribution in [-0.4, -0.2) is 12.6 Å². The Morgan fingerprint density at radius 2 is 2.00 bits per heavy atom. The molecule has 0 bridgehead atoms. The number of halogens is 1. The molecule has 0 spiro atoms. The molecule has 1 aromatic rings. The van der Waals surface area contributed by atoms with E-state index in [9.17, 15) is 4.39 Å². The van der Waals surface area contributed by atoms with Gasteiger partial charge in [-0.05, 0) is 68.3 Å². The Morgan fingerprint density at radius 1 is 1.26 bits per heavy atom. The molecular formula is C17H28FN. The van der Waals surface area contributed by atoms with Gasteiger partial charge in [0, 0.05) is 6.04 Å². The smallest absolute Gasteiger partial charge is 0.123 e. The van der Waals surface area contributed by atoms with Crippen molar-refractivity contribution < 1.29 is 4.39 Å². The van der Waals surface area contributed by atoms with Crippen LogP contribution in [0.15, 0.2) is 18.2 Å². The van der Waals surface area contributed by atoms with Gasteiger partial charge in [0.05, 0.1) is 0 Å². The lowest BCUT2D eigenvalue weighted by molar-refractivity contribution is 0.370. The van der Waals surface area contributed by atoms with E-state index in [-0.39, 0.29) is 5.82 Å². The second-order valence-electron chi connectivity index (χ2n) is 5.77.